The quantitative estimate of drug-likeness (QED) is 0.565. The number of amides is 1. The number of nitrogens with one attached hydrogen (secondary N) is 1. The molecule has 0 radical (unpaired) electrons. The number of carboxylic acids is 2. The molecule has 1 aromatic carbocycles. The van der Waals surface area contributed by atoms with Crippen LogP contribution < -0.4 is 5.32 Å². The number of carboxylic acid groups (broad SMARTS) is 2. The predicted molar refractivity (Wildman–Crippen MR) is 114 cm³/mol. The molecule has 2 aliphatic heterocycles. The number of thioether (sulfide) groups is 2. The van der Waals surface area contributed by atoms with Crippen molar-refractivity contribution in [1.82, 2.24) is 10.2 Å². The average molecular weight is 439 g/mol. The van der Waals surface area contributed by atoms with Gasteiger partial charge in [-0.1, -0.05) is 30.3 Å². The Hall–Kier alpha value is -1.71. The van der Waals surface area contributed by atoms with Crippen molar-refractivity contribution < 1.29 is 24.6 Å². The molecule has 3 N–H and O–H groups in total. The lowest BCUT2D eigenvalue weighted by atomic mass is 10.0. The van der Waals surface area contributed by atoms with Crippen LogP contribution in [0.25, 0.3) is 0 Å². The van der Waals surface area contributed by atoms with Crippen LogP contribution in [0.15, 0.2) is 30.3 Å². The predicted octanol–water partition coefficient (Wildman–Crippen LogP) is 1.91. The smallest absolute Gasteiger partial charge is 0.326 e. The van der Waals surface area contributed by atoms with E-state index in [0.29, 0.717) is 25.8 Å². The molecule has 7 nitrogen and oxygen atoms in total. The molecule has 2 aliphatic rings. The summed E-state index contributed by atoms with van der Waals surface area (Å²) < 4.78 is -0.252. The van der Waals surface area contributed by atoms with E-state index in [0.717, 1.165) is 17.1 Å². The number of likely N-dealkylation sites (tertiary alicyclic amines) is 1. The molecule has 9 heteroatoms. The van der Waals surface area contributed by atoms with Gasteiger partial charge < -0.3 is 15.1 Å². The van der Waals surface area contributed by atoms with Crippen molar-refractivity contribution in [3.05, 3.63) is 35.9 Å². The van der Waals surface area contributed by atoms with Crippen molar-refractivity contribution in [3.63, 3.8) is 0 Å². The van der Waals surface area contributed by atoms with E-state index in [1.54, 1.807) is 30.4 Å². The Kier molecular flexibility index (Phi) is 7.13. The van der Waals surface area contributed by atoms with Gasteiger partial charge in [0, 0.05) is 24.5 Å². The summed E-state index contributed by atoms with van der Waals surface area (Å²) >= 11 is 3.44. The van der Waals surface area contributed by atoms with Gasteiger partial charge in [0.05, 0.1) is 10.1 Å². The van der Waals surface area contributed by atoms with Crippen molar-refractivity contribution in [2.45, 2.75) is 48.4 Å². The van der Waals surface area contributed by atoms with Crippen LogP contribution in [0.5, 0.6) is 0 Å². The summed E-state index contributed by atoms with van der Waals surface area (Å²) in [6.45, 7) is 1.99. The molecule has 0 bridgehead atoms. The number of aryl methyl sites for hydroxylation is 1. The molecule has 2 saturated heterocycles. The normalized spacial score (nSPS) is 22.5. The van der Waals surface area contributed by atoms with Gasteiger partial charge in [0.25, 0.3) is 0 Å². The van der Waals surface area contributed by atoms with E-state index in [1.165, 1.54) is 4.90 Å². The van der Waals surface area contributed by atoms with Gasteiger partial charge in [-0.25, -0.2) is 4.79 Å². The van der Waals surface area contributed by atoms with Crippen LogP contribution in [-0.2, 0) is 20.8 Å². The van der Waals surface area contributed by atoms with Crippen LogP contribution in [0, 0.1) is 0 Å². The van der Waals surface area contributed by atoms with Gasteiger partial charge in [-0.3, -0.25) is 14.9 Å². The first-order valence-corrected chi connectivity index (χ1v) is 11.6. The van der Waals surface area contributed by atoms with E-state index < -0.39 is 30.1 Å². The zero-order valence-corrected chi connectivity index (χ0v) is 17.9. The summed E-state index contributed by atoms with van der Waals surface area (Å²) in [5.74, 6) is -0.473. The van der Waals surface area contributed by atoms with E-state index in [-0.39, 0.29) is 9.99 Å². The molecule has 2 heterocycles. The zero-order chi connectivity index (χ0) is 21.0. The first kappa shape index (κ1) is 22.0. The molecule has 158 valence electrons. The lowest BCUT2D eigenvalue weighted by Crippen LogP contribution is -2.53. The monoisotopic (exact) mass is 438 g/mol. The second-order valence-electron chi connectivity index (χ2n) is 7.44. The second-order valence-corrected chi connectivity index (χ2v) is 10.7. The molecule has 3 rings (SSSR count). The topological polar surface area (TPSA) is 107 Å². The SMILES string of the molecule is CC(N[C@@H](CCc1ccccc1)C(=O)O)C(=O)N1CC2(C[C@H]1C(=O)O)SCCS2. The minimum atomic E-state index is -1.02. The second kappa shape index (κ2) is 9.40. The van der Waals surface area contributed by atoms with Gasteiger partial charge in [-0.15, -0.1) is 23.5 Å². The maximum absolute atomic E-state index is 13.0. The average Bonchev–Trinajstić information content (AvgIpc) is 3.32. The summed E-state index contributed by atoms with van der Waals surface area (Å²) in [6.07, 6.45) is 1.34. The van der Waals surface area contributed by atoms with Crippen molar-refractivity contribution in [2.75, 3.05) is 18.1 Å². The van der Waals surface area contributed by atoms with Crippen LogP contribution in [0.4, 0.5) is 0 Å². The Balaban J connectivity index is 1.64. The highest BCUT2D eigenvalue weighted by molar-refractivity contribution is 8.21. The lowest BCUT2D eigenvalue weighted by molar-refractivity contribution is -0.149. The number of carbonyl (C=O) groups is 3. The molecule has 3 atom stereocenters. The van der Waals surface area contributed by atoms with Gasteiger partial charge in [-0.05, 0) is 25.3 Å². The van der Waals surface area contributed by atoms with E-state index in [4.69, 9.17) is 0 Å². The number of rotatable bonds is 8. The highest BCUT2D eigenvalue weighted by Crippen LogP contribution is 2.51. The van der Waals surface area contributed by atoms with Crippen LogP contribution in [0.1, 0.15) is 25.3 Å². The number of aliphatic carboxylic acids is 2. The van der Waals surface area contributed by atoms with E-state index in [1.807, 2.05) is 30.3 Å². The van der Waals surface area contributed by atoms with E-state index in [9.17, 15) is 24.6 Å². The molecule has 0 saturated carbocycles. The van der Waals surface area contributed by atoms with Crippen LogP contribution in [0.2, 0.25) is 0 Å². The first-order chi connectivity index (χ1) is 13.8. The fourth-order valence-corrected chi connectivity index (χ4v) is 7.11. The lowest BCUT2D eigenvalue weighted by Gasteiger charge is -2.28. The highest BCUT2D eigenvalue weighted by Gasteiger charge is 2.52. The van der Waals surface area contributed by atoms with Crippen LogP contribution in [0.3, 0.4) is 0 Å². The maximum atomic E-state index is 13.0. The largest absolute Gasteiger partial charge is 0.480 e. The van der Waals surface area contributed by atoms with Crippen molar-refractivity contribution in [3.8, 4) is 0 Å². The number of hydrogen-bond donors (Lipinski definition) is 3. The fourth-order valence-electron chi connectivity index (χ4n) is 3.85. The maximum Gasteiger partial charge on any atom is 0.326 e. The number of nitrogens with zero attached hydrogens (tertiary/aromatic N) is 1. The van der Waals surface area contributed by atoms with Crippen molar-refractivity contribution in [2.24, 2.45) is 0 Å². The Morgan fingerprint density at radius 2 is 1.86 bits per heavy atom. The molecular formula is C20H26N2O5S2. The number of hydrogen-bond acceptors (Lipinski definition) is 6. The molecule has 1 amide bonds. The Morgan fingerprint density at radius 3 is 2.45 bits per heavy atom. The molecular weight excluding hydrogens is 412 g/mol. The molecule has 2 fully saturated rings. The van der Waals surface area contributed by atoms with Crippen molar-refractivity contribution >= 4 is 41.4 Å². The minimum Gasteiger partial charge on any atom is -0.480 e. The first-order valence-electron chi connectivity index (χ1n) is 9.65. The summed E-state index contributed by atoms with van der Waals surface area (Å²) in [5, 5.41) is 22.1. The number of benzene rings is 1. The Labute approximate surface area is 178 Å². The summed E-state index contributed by atoms with van der Waals surface area (Å²) in [6, 6.07) is 7.05. The van der Waals surface area contributed by atoms with Crippen molar-refractivity contribution in [1.29, 1.82) is 0 Å². The standard InChI is InChI=1S/C20H26N2O5S2/c1-13(21-15(18(24)25)8-7-14-5-3-2-4-6-14)17(23)22-12-20(28-9-10-29-20)11-16(22)19(26)27/h2-6,13,15-16,21H,7-12H2,1H3,(H,24,25)(H,26,27)/t13?,15-,16-/m0/s1. The molecule has 29 heavy (non-hydrogen) atoms. The molecule has 0 aromatic heterocycles. The van der Waals surface area contributed by atoms with E-state index >= 15 is 0 Å². The van der Waals surface area contributed by atoms with Gasteiger partial charge >= 0.3 is 11.9 Å². The third-order valence-electron chi connectivity index (χ3n) is 5.36. The summed E-state index contributed by atoms with van der Waals surface area (Å²) in [5.41, 5.74) is 1.03. The van der Waals surface area contributed by atoms with Crippen LogP contribution in [-0.4, -0.2) is 73.2 Å². The summed E-state index contributed by atoms with van der Waals surface area (Å²) in [7, 11) is 0. The Bertz CT molecular complexity index is 754. The highest BCUT2D eigenvalue weighted by atomic mass is 32.2. The van der Waals surface area contributed by atoms with Gasteiger partial charge in [0.1, 0.15) is 12.1 Å². The van der Waals surface area contributed by atoms with Gasteiger partial charge in [-0.2, -0.15) is 0 Å². The summed E-state index contributed by atoms with van der Waals surface area (Å²) in [4.78, 5) is 37.9. The van der Waals surface area contributed by atoms with Crippen LogP contribution >= 0.6 is 23.5 Å². The zero-order valence-electron chi connectivity index (χ0n) is 16.2. The minimum absolute atomic E-state index is 0.252. The van der Waals surface area contributed by atoms with Gasteiger partial charge in [0.2, 0.25) is 5.91 Å². The number of carbonyl (C=O) groups excluding carboxylic acids is 1. The molecule has 1 aromatic rings. The third kappa shape index (κ3) is 5.26. The Morgan fingerprint density at radius 1 is 1.21 bits per heavy atom. The fraction of sp³-hybridized carbons (Fsp3) is 0.550. The molecule has 1 unspecified atom stereocenters. The van der Waals surface area contributed by atoms with Gasteiger partial charge in [0.15, 0.2) is 0 Å². The third-order valence-corrected chi connectivity index (χ3v) is 8.78. The van der Waals surface area contributed by atoms with E-state index in [2.05, 4.69) is 5.32 Å². The molecule has 0 aliphatic carbocycles. The molecule has 1 spiro atoms.